The van der Waals surface area contributed by atoms with Crippen LogP contribution in [0.5, 0.6) is 0 Å². The summed E-state index contributed by atoms with van der Waals surface area (Å²) in [6.07, 6.45) is 7.10. The zero-order chi connectivity index (χ0) is 14.1. The van der Waals surface area contributed by atoms with Crippen molar-refractivity contribution in [1.82, 2.24) is 14.6 Å². The molecule has 1 aliphatic carbocycles. The Morgan fingerprint density at radius 2 is 2.15 bits per heavy atom. The largest absolute Gasteiger partial charge is 0.481 e. The molecular formula is C14H16FN3O2. The summed E-state index contributed by atoms with van der Waals surface area (Å²) in [6, 6.07) is 1.51. The number of aliphatic carboxylic acids is 1. The standard InChI is InChI=1S/C14H16FN3O2/c15-12-6-10(7-18-13(12)16-8-17-18)5-9-1-3-11(4-2-9)14(19)20/h6-9,11H,1-5H2,(H,19,20). The third-order valence-corrected chi connectivity index (χ3v) is 4.11. The van der Waals surface area contributed by atoms with Gasteiger partial charge in [-0.15, -0.1) is 0 Å². The summed E-state index contributed by atoms with van der Waals surface area (Å²) in [5.74, 6) is -0.843. The Labute approximate surface area is 115 Å². The molecule has 0 saturated heterocycles. The second kappa shape index (κ2) is 5.19. The quantitative estimate of drug-likeness (QED) is 0.934. The highest BCUT2D eigenvalue weighted by Gasteiger charge is 2.26. The lowest BCUT2D eigenvalue weighted by atomic mass is 9.79. The summed E-state index contributed by atoms with van der Waals surface area (Å²) in [6.45, 7) is 0. The molecule has 0 bridgehead atoms. The highest BCUT2D eigenvalue weighted by molar-refractivity contribution is 5.69. The van der Waals surface area contributed by atoms with Crippen molar-refractivity contribution in [2.75, 3.05) is 0 Å². The number of fused-ring (bicyclic) bond motifs is 1. The van der Waals surface area contributed by atoms with E-state index in [1.54, 1.807) is 6.20 Å². The van der Waals surface area contributed by atoms with Crippen LogP contribution in [0.15, 0.2) is 18.6 Å². The summed E-state index contributed by atoms with van der Waals surface area (Å²) in [5.41, 5.74) is 1.13. The van der Waals surface area contributed by atoms with Crippen LogP contribution in [-0.4, -0.2) is 25.7 Å². The summed E-state index contributed by atoms with van der Waals surface area (Å²) in [5, 5.41) is 12.9. The van der Waals surface area contributed by atoms with Gasteiger partial charge < -0.3 is 5.11 Å². The molecule has 0 unspecified atom stereocenters. The van der Waals surface area contributed by atoms with Gasteiger partial charge in [0.2, 0.25) is 0 Å². The number of carboxylic acid groups (broad SMARTS) is 1. The van der Waals surface area contributed by atoms with Crippen molar-refractivity contribution < 1.29 is 14.3 Å². The molecule has 3 rings (SSSR count). The fourth-order valence-corrected chi connectivity index (χ4v) is 3.00. The molecule has 1 fully saturated rings. The Morgan fingerprint density at radius 1 is 1.40 bits per heavy atom. The van der Waals surface area contributed by atoms with Crippen LogP contribution in [0, 0.1) is 17.7 Å². The van der Waals surface area contributed by atoms with Crippen molar-refractivity contribution in [2.45, 2.75) is 32.1 Å². The molecule has 0 aromatic carbocycles. The smallest absolute Gasteiger partial charge is 0.306 e. The number of carbonyl (C=O) groups is 1. The van der Waals surface area contributed by atoms with E-state index >= 15 is 0 Å². The van der Waals surface area contributed by atoms with E-state index in [9.17, 15) is 9.18 Å². The van der Waals surface area contributed by atoms with E-state index < -0.39 is 5.97 Å². The van der Waals surface area contributed by atoms with E-state index in [1.807, 2.05) is 0 Å². The average molecular weight is 277 g/mol. The fraction of sp³-hybridized carbons (Fsp3) is 0.500. The highest BCUT2D eigenvalue weighted by Crippen LogP contribution is 2.31. The molecule has 6 heteroatoms. The van der Waals surface area contributed by atoms with Gasteiger partial charge in [-0.3, -0.25) is 4.79 Å². The van der Waals surface area contributed by atoms with Gasteiger partial charge in [0.1, 0.15) is 6.33 Å². The van der Waals surface area contributed by atoms with E-state index in [-0.39, 0.29) is 17.4 Å². The minimum absolute atomic E-state index is 0.208. The predicted octanol–water partition coefficient (Wildman–Crippen LogP) is 2.30. The van der Waals surface area contributed by atoms with Crippen LogP contribution in [0.2, 0.25) is 0 Å². The maximum absolute atomic E-state index is 13.8. The molecule has 0 aliphatic heterocycles. The zero-order valence-electron chi connectivity index (χ0n) is 11.0. The average Bonchev–Trinajstić information content (AvgIpc) is 2.88. The highest BCUT2D eigenvalue weighted by atomic mass is 19.1. The first-order chi connectivity index (χ1) is 9.63. The van der Waals surface area contributed by atoms with Gasteiger partial charge in [-0.25, -0.2) is 13.9 Å². The van der Waals surface area contributed by atoms with Crippen molar-refractivity contribution in [3.8, 4) is 0 Å². The topological polar surface area (TPSA) is 67.5 Å². The number of rotatable bonds is 3. The molecule has 1 saturated carbocycles. The van der Waals surface area contributed by atoms with Gasteiger partial charge in [-0.2, -0.15) is 5.10 Å². The first-order valence-electron chi connectivity index (χ1n) is 6.84. The molecule has 5 nitrogen and oxygen atoms in total. The maximum Gasteiger partial charge on any atom is 0.306 e. The molecule has 0 amide bonds. The van der Waals surface area contributed by atoms with Crippen molar-refractivity contribution >= 4 is 11.6 Å². The predicted molar refractivity (Wildman–Crippen MR) is 69.7 cm³/mol. The van der Waals surface area contributed by atoms with Gasteiger partial charge in [0.05, 0.1) is 5.92 Å². The number of pyridine rings is 1. The van der Waals surface area contributed by atoms with E-state index in [4.69, 9.17) is 5.11 Å². The zero-order valence-corrected chi connectivity index (χ0v) is 11.0. The Kier molecular flexibility index (Phi) is 3.38. The van der Waals surface area contributed by atoms with Gasteiger partial charge in [-0.1, -0.05) is 0 Å². The number of hydrogen-bond acceptors (Lipinski definition) is 3. The Morgan fingerprint density at radius 3 is 2.85 bits per heavy atom. The van der Waals surface area contributed by atoms with Crippen LogP contribution in [0.4, 0.5) is 4.39 Å². The molecule has 20 heavy (non-hydrogen) atoms. The monoisotopic (exact) mass is 277 g/mol. The molecular weight excluding hydrogens is 261 g/mol. The Balaban J connectivity index is 1.69. The second-order valence-corrected chi connectivity index (χ2v) is 5.48. The van der Waals surface area contributed by atoms with Crippen molar-refractivity contribution in [3.05, 3.63) is 30.0 Å². The first kappa shape index (κ1) is 13.0. The van der Waals surface area contributed by atoms with E-state index in [0.29, 0.717) is 18.8 Å². The Hall–Kier alpha value is -1.98. The molecule has 2 heterocycles. The normalized spacial score (nSPS) is 23.1. The number of hydrogen-bond donors (Lipinski definition) is 1. The second-order valence-electron chi connectivity index (χ2n) is 5.48. The van der Waals surface area contributed by atoms with Crippen LogP contribution >= 0.6 is 0 Å². The number of halogens is 1. The van der Waals surface area contributed by atoms with E-state index in [0.717, 1.165) is 24.8 Å². The molecule has 106 valence electrons. The number of nitrogens with zero attached hydrogens (tertiary/aromatic N) is 3. The summed E-state index contributed by atoms with van der Waals surface area (Å²) >= 11 is 0. The third kappa shape index (κ3) is 2.50. The Bertz CT molecular complexity index is 632. The molecule has 0 atom stereocenters. The van der Waals surface area contributed by atoms with E-state index in [1.165, 1.54) is 16.9 Å². The molecule has 2 aromatic heterocycles. The molecule has 2 aromatic rings. The van der Waals surface area contributed by atoms with Gasteiger partial charge >= 0.3 is 5.97 Å². The fourth-order valence-electron chi connectivity index (χ4n) is 3.00. The molecule has 1 N–H and O–H groups in total. The van der Waals surface area contributed by atoms with Crippen molar-refractivity contribution in [3.63, 3.8) is 0 Å². The van der Waals surface area contributed by atoms with Crippen LogP contribution in [0.25, 0.3) is 5.65 Å². The van der Waals surface area contributed by atoms with Crippen LogP contribution in [0.3, 0.4) is 0 Å². The minimum Gasteiger partial charge on any atom is -0.481 e. The summed E-state index contributed by atoms with van der Waals surface area (Å²) in [7, 11) is 0. The lowest BCUT2D eigenvalue weighted by molar-refractivity contribution is -0.143. The number of aromatic nitrogens is 3. The molecule has 0 spiro atoms. The van der Waals surface area contributed by atoms with Crippen LogP contribution in [0.1, 0.15) is 31.2 Å². The van der Waals surface area contributed by atoms with Gasteiger partial charge in [0, 0.05) is 6.20 Å². The first-order valence-corrected chi connectivity index (χ1v) is 6.84. The molecule has 1 aliphatic rings. The van der Waals surface area contributed by atoms with Gasteiger partial charge in [0.15, 0.2) is 11.5 Å². The van der Waals surface area contributed by atoms with Crippen molar-refractivity contribution in [2.24, 2.45) is 11.8 Å². The lowest BCUT2D eigenvalue weighted by Gasteiger charge is -2.26. The van der Waals surface area contributed by atoms with Crippen LogP contribution < -0.4 is 0 Å². The summed E-state index contributed by atoms with van der Waals surface area (Å²) in [4.78, 5) is 14.8. The lowest BCUT2D eigenvalue weighted by Crippen LogP contribution is -2.22. The van der Waals surface area contributed by atoms with Crippen molar-refractivity contribution in [1.29, 1.82) is 0 Å². The third-order valence-electron chi connectivity index (χ3n) is 4.11. The maximum atomic E-state index is 13.8. The SMILES string of the molecule is O=C(O)C1CCC(Cc2cc(F)c3ncnn3c2)CC1. The van der Waals surface area contributed by atoms with Crippen LogP contribution in [-0.2, 0) is 11.2 Å². The molecule has 0 radical (unpaired) electrons. The van der Waals surface area contributed by atoms with E-state index in [2.05, 4.69) is 10.1 Å². The number of carboxylic acids is 1. The minimum atomic E-state index is -0.696. The van der Waals surface area contributed by atoms with Gasteiger partial charge in [-0.05, 0) is 49.7 Å². The summed E-state index contributed by atoms with van der Waals surface area (Å²) < 4.78 is 15.3. The van der Waals surface area contributed by atoms with Gasteiger partial charge in [0.25, 0.3) is 0 Å².